The van der Waals surface area contributed by atoms with Crippen molar-refractivity contribution in [1.82, 2.24) is 10.2 Å². The lowest BCUT2D eigenvalue weighted by molar-refractivity contribution is -0.133. The van der Waals surface area contributed by atoms with Gasteiger partial charge in [0.1, 0.15) is 0 Å². The number of likely N-dealkylation sites (tertiary alicyclic amines) is 1. The predicted octanol–water partition coefficient (Wildman–Crippen LogP) is 2.64. The number of nitrogens with zero attached hydrogens (tertiary/aromatic N) is 1. The normalized spacial score (nSPS) is 22.8. The SMILES string of the molecule is CCC1CN(C(=O)CCNC)CCC1c1ccccc1. The van der Waals surface area contributed by atoms with Crippen LogP contribution in [0.3, 0.4) is 0 Å². The highest BCUT2D eigenvalue weighted by atomic mass is 16.2. The van der Waals surface area contributed by atoms with Gasteiger partial charge in [0.15, 0.2) is 0 Å². The minimum absolute atomic E-state index is 0.296. The molecule has 1 saturated heterocycles. The number of rotatable bonds is 5. The molecule has 20 heavy (non-hydrogen) atoms. The molecule has 1 fully saturated rings. The molecule has 1 aliphatic rings. The van der Waals surface area contributed by atoms with E-state index in [9.17, 15) is 4.79 Å². The summed E-state index contributed by atoms with van der Waals surface area (Å²) in [5.41, 5.74) is 1.43. The van der Waals surface area contributed by atoms with E-state index in [0.29, 0.717) is 24.2 Å². The molecule has 1 aliphatic heterocycles. The van der Waals surface area contributed by atoms with Gasteiger partial charge in [-0.2, -0.15) is 0 Å². The smallest absolute Gasteiger partial charge is 0.223 e. The molecule has 3 nitrogen and oxygen atoms in total. The van der Waals surface area contributed by atoms with Gasteiger partial charge in [0, 0.05) is 26.1 Å². The molecule has 3 heteroatoms. The van der Waals surface area contributed by atoms with Crippen LogP contribution in [0.1, 0.15) is 37.7 Å². The molecule has 0 bridgehead atoms. The molecular weight excluding hydrogens is 248 g/mol. The number of hydrogen-bond acceptors (Lipinski definition) is 2. The number of hydrogen-bond donors (Lipinski definition) is 1. The van der Waals surface area contributed by atoms with Crippen LogP contribution < -0.4 is 5.32 Å². The standard InChI is InChI=1S/C17H26N2O/c1-3-14-13-19(17(20)9-11-18-2)12-10-16(14)15-7-5-4-6-8-15/h4-8,14,16,18H,3,9-13H2,1-2H3. The molecule has 1 N–H and O–H groups in total. The van der Waals surface area contributed by atoms with Crippen molar-refractivity contribution in [1.29, 1.82) is 0 Å². The number of carbonyl (C=O) groups is 1. The number of amides is 1. The van der Waals surface area contributed by atoms with Crippen molar-refractivity contribution in [2.45, 2.75) is 32.1 Å². The van der Waals surface area contributed by atoms with Crippen LogP contribution in [-0.2, 0) is 4.79 Å². The first-order valence-corrected chi connectivity index (χ1v) is 7.73. The van der Waals surface area contributed by atoms with E-state index < -0.39 is 0 Å². The Kier molecular flexibility index (Phi) is 5.60. The van der Waals surface area contributed by atoms with Gasteiger partial charge in [-0.3, -0.25) is 4.79 Å². The average molecular weight is 274 g/mol. The third kappa shape index (κ3) is 3.60. The van der Waals surface area contributed by atoms with Crippen LogP contribution in [0.2, 0.25) is 0 Å². The molecule has 0 aromatic heterocycles. The van der Waals surface area contributed by atoms with Crippen LogP contribution >= 0.6 is 0 Å². The van der Waals surface area contributed by atoms with E-state index in [1.807, 2.05) is 7.05 Å². The number of nitrogens with one attached hydrogen (secondary N) is 1. The van der Waals surface area contributed by atoms with Gasteiger partial charge in [0.05, 0.1) is 0 Å². The van der Waals surface area contributed by atoms with Crippen LogP contribution in [0.15, 0.2) is 30.3 Å². The fourth-order valence-corrected chi connectivity index (χ4v) is 3.20. The summed E-state index contributed by atoms with van der Waals surface area (Å²) < 4.78 is 0. The second-order valence-electron chi connectivity index (χ2n) is 5.67. The Morgan fingerprint density at radius 2 is 2.10 bits per heavy atom. The lowest BCUT2D eigenvalue weighted by atomic mass is 9.79. The summed E-state index contributed by atoms with van der Waals surface area (Å²) in [5.74, 6) is 1.49. The lowest BCUT2D eigenvalue weighted by Gasteiger charge is -2.38. The molecular formula is C17H26N2O. The Hall–Kier alpha value is -1.35. The Balaban J connectivity index is 1.99. The summed E-state index contributed by atoms with van der Waals surface area (Å²) in [6, 6.07) is 10.8. The molecule has 1 heterocycles. The first kappa shape index (κ1) is 15.0. The summed E-state index contributed by atoms with van der Waals surface area (Å²) in [6.45, 7) is 4.83. The van der Waals surface area contributed by atoms with Gasteiger partial charge >= 0.3 is 0 Å². The second-order valence-corrected chi connectivity index (χ2v) is 5.67. The molecule has 110 valence electrons. The molecule has 0 radical (unpaired) electrons. The highest BCUT2D eigenvalue weighted by Crippen LogP contribution is 2.34. The third-order valence-corrected chi connectivity index (χ3v) is 4.43. The maximum Gasteiger partial charge on any atom is 0.223 e. The molecule has 1 aromatic rings. The number of carbonyl (C=O) groups excluding carboxylic acids is 1. The van der Waals surface area contributed by atoms with E-state index in [-0.39, 0.29) is 0 Å². The van der Waals surface area contributed by atoms with Crippen LogP contribution in [0.5, 0.6) is 0 Å². The molecule has 1 amide bonds. The Labute approximate surface area is 122 Å². The van der Waals surface area contributed by atoms with Crippen molar-refractivity contribution < 1.29 is 4.79 Å². The monoisotopic (exact) mass is 274 g/mol. The highest BCUT2D eigenvalue weighted by molar-refractivity contribution is 5.76. The zero-order valence-corrected chi connectivity index (χ0v) is 12.6. The first-order chi connectivity index (χ1) is 9.76. The van der Waals surface area contributed by atoms with E-state index in [1.54, 1.807) is 0 Å². The minimum atomic E-state index is 0.296. The summed E-state index contributed by atoms with van der Waals surface area (Å²) >= 11 is 0. The molecule has 2 atom stereocenters. The second kappa shape index (κ2) is 7.44. The Bertz CT molecular complexity index is 418. The molecule has 0 aliphatic carbocycles. The number of piperidine rings is 1. The largest absolute Gasteiger partial charge is 0.342 e. The maximum absolute atomic E-state index is 12.1. The zero-order chi connectivity index (χ0) is 14.4. The van der Waals surface area contributed by atoms with Gasteiger partial charge in [-0.1, -0.05) is 43.7 Å². The highest BCUT2D eigenvalue weighted by Gasteiger charge is 2.30. The van der Waals surface area contributed by atoms with Gasteiger partial charge in [0.2, 0.25) is 5.91 Å². The van der Waals surface area contributed by atoms with Crippen LogP contribution in [0, 0.1) is 5.92 Å². The minimum Gasteiger partial charge on any atom is -0.342 e. The van der Waals surface area contributed by atoms with Gasteiger partial charge < -0.3 is 10.2 Å². The van der Waals surface area contributed by atoms with E-state index in [2.05, 4.69) is 47.5 Å². The Morgan fingerprint density at radius 3 is 2.75 bits per heavy atom. The van der Waals surface area contributed by atoms with Crippen LogP contribution in [0.4, 0.5) is 0 Å². The third-order valence-electron chi connectivity index (χ3n) is 4.43. The van der Waals surface area contributed by atoms with Crippen molar-refractivity contribution in [2.75, 3.05) is 26.7 Å². The topological polar surface area (TPSA) is 32.3 Å². The van der Waals surface area contributed by atoms with Crippen molar-refractivity contribution in [3.63, 3.8) is 0 Å². The van der Waals surface area contributed by atoms with Gasteiger partial charge in [0.25, 0.3) is 0 Å². The van der Waals surface area contributed by atoms with E-state index in [4.69, 9.17) is 0 Å². The van der Waals surface area contributed by atoms with Crippen LogP contribution in [-0.4, -0.2) is 37.5 Å². The average Bonchev–Trinajstić information content (AvgIpc) is 2.52. The van der Waals surface area contributed by atoms with E-state index >= 15 is 0 Å². The van der Waals surface area contributed by atoms with Crippen molar-refractivity contribution in [3.8, 4) is 0 Å². The molecule has 2 unspecified atom stereocenters. The summed E-state index contributed by atoms with van der Waals surface area (Å²) in [6.07, 6.45) is 2.84. The number of benzene rings is 1. The van der Waals surface area contributed by atoms with Crippen molar-refractivity contribution in [3.05, 3.63) is 35.9 Å². The summed E-state index contributed by atoms with van der Waals surface area (Å²) in [4.78, 5) is 14.2. The molecule has 0 saturated carbocycles. The fourth-order valence-electron chi connectivity index (χ4n) is 3.20. The molecule has 1 aromatic carbocycles. The molecule has 2 rings (SSSR count). The van der Waals surface area contributed by atoms with Crippen molar-refractivity contribution >= 4 is 5.91 Å². The zero-order valence-electron chi connectivity index (χ0n) is 12.6. The van der Waals surface area contributed by atoms with Crippen LogP contribution in [0.25, 0.3) is 0 Å². The van der Waals surface area contributed by atoms with E-state index in [0.717, 1.165) is 32.5 Å². The molecule has 0 spiro atoms. The fraction of sp³-hybridized carbons (Fsp3) is 0.588. The predicted molar refractivity (Wildman–Crippen MR) is 82.7 cm³/mol. The van der Waals surface area contributed by atoms with Gasteiger partial charge in [-0.05, 0) is 30.9 Å². The first-order valence-electron chi connectivity index (χ1n) is 7.73. The van der Waals surface area contributed by atoms with Gasteiger partial charge in [-0.15, -0.1) is 0 Å². The maximum atomic E-state index is 12.1. The van der Waals surface area contributed by atoms with Crippen molar-refractivity contribution in [2.24, 2.45) is 5.92 Å². The van der Waals surface area contributed by atoms with E-state index in [1.165, 1.54) is 5.56 Å². The summed E-state index contributed by atoms with van der Waals surface area (Å²) in [7, 11) is 1.89. The summed E-state index contributed by atoms with van der Waals surface area (Å²) in [5, 5.41) is 3.05. The quantitative estimate of drug-likeness (QED) is 0.895. The van der Waals surface area contributed by atoms with Gasteiger partial charge in [-0.25, -0.2) is 0 Å². The lowest BCUT2D eigenvalue weighted by Crippen LogP contribution is -2.43. The Morgan fingerprint density at radius 1 is 1.35 bits per heavy atom.